The number of allylic oxidation sites excluding steroid dienone is 1. The fourth-order valence-corrected chi connectivity index (χ4v) is 5.19. The fraction of sp³-hybridized carbons (Fsp3) is 0.333. The lowest BCUT2D eigenvalue weighted by Crippen LogP contribution is -2.16. The van der Waals surface area contributed by atoms with Crippen LogP contribution in [0.15, 0.2) is 52.9 Å². The van der Waals surface area contributed by atoms with E-state index in [1.807, 2.05) is 18.4 Å². The molecular weight excluding hydrogens is 428 g/mol. The van der Waals surface area contributed by atoms with E-state index in [1.54, 1.807) is 42.1 Å². The van der Waals surface area contributed by atoms with Gasteiger partial charge in [-0.1, -0.05) is 38.2 Å². The van der Waals surface area contributed by atoms with E-state index >= 15 is 0 Å². The van der Waals surface area contributed by atoms with Crippen LogP contribution in [-0.2, 0) is 4.79 Å². The molecule has 1 saturated carbocycles. The molecule has 0 spiro atoms. The van der Waals surface area contributed by atoms with Crippen LogP contribution in [0.1, 0.15) is 54.4 Å². The van der Waals surface area contributed by atoms with E-state index in [-0.39, 0.29) is 11.4 Å². The molecule has 1 fully saturated rings. The van der Waals surface area contributed by atoms with Crippen molar-refractivity contribution in [2.24, 2.45) is 5.92 Å². The molecule has 0 bridgehead atoms. The third-order valence-electron chi connectivity index (χ3n) is 5.90. The lowest BCUT2D eigenvalue weighted by molar-refractivity contribution is -0.130. The number of nitrogens with zero attached hydrogens (tertiary/aromatic N) is 2. The Morgan fingerprint density at radius 3 is 2.35 bits per heavy atom. The zero-order chi connectivity index (χ0) is 21.8. The summed E-state index contributed by atoms with van der Waals surface area (Å²) in [5, 5.41) is 10.2. The van der Waals surface area contributed by atoms with E-state index in [2.05, 4.69) is 8.75 Å². The number of Topliss-reactive ketones (excluding diaryl/α,β-unsaturated/α-hetero) is 1. The van der Waals surface area contributed by atoms with E-state index in [4.69, 9.17) is 0 Å². The maximum Gasteiger partial charge on any atom is 0.336 e. The van der Waals surface area contributed by atoms with Gasteiger partial charge in [-0.2, -0.15) is 8.75 Å². The number of aliphatic carboxylic acids is 1. The maximum atomic E-state index is 13.6. The molecule has 3 aromatic rings. The number of hydrogen-bond acceptors (Lipinski definition) is 6. The number of carbonyl (C=O) groups excluding carboxylic acids is 1. The molecule has 0 radical (unpaired) electrons. The highest BCUT2D eigenvalue weighted by Crippen LogP contribution is 2.34. The molecule has 2 aromatic carbocycles. The quantitative estimate of drug-likeness (QED) is 0.265. The lowest BCUT2D eigenvalue weighted by Gasteiger charge is -2.23. The van der Waals surface area contributed by atoms with Gasteiger partial charge in [0.25, 0.3) is 0 Å². The Bertz CT molecular complexity index is 1130. The number of rotatable bonds is 7. The molecule has 4 rings (SSSR count). The zero-order valence-electron chi connectivity index (χ0n) is 17.3. The average molecular weight is 453 g/mol. The van der Waals surface area contributed by atoms with Crippen LogP contribution in [0.4, 0.5) is 0 Å². The van der Waals surface area contributed by atoms with Crippen molar-refractivity contribution >= 4 is 51.8 Å². The highest BCUT2D eigenvalue weighted by atomic mass is 32.2. The topological polar surface area (TPSA) is 80.2 Å². The summed E-state index contributed by atoms with van der Waals surface area (Å²) < 4.78 is 8.45. The Kier molecular flexibility index (Phi) is 6.83. The Morgan fingerprint density at radius 1 is 1.00 bits per heavy atom. The number of fused-ring (bicyclic) bond motifs is 1. The van der Waals surface area contributed by atoms with Crippen molar-refractivity contribution in [3.8, 4) is 0 Å². The summed E-state index contributed by atoms with van der Waals surface area (Å²) in [5.41, 5.74) is 2.88. The van der Waals surface area contributed by atoms with Crippen molar-refractivity contribution in [2.45, 2.75) is 43.4 Å². The van der Waals surface area contributed by atoms with E-state index in [0.29, 0.717) is 34.6 Å². The first-order valence-corrected chi connectivity index (χ1v) is 12.4. The summed E-state index contributed by atoms with van der Waals surface area (Å²) in [5.74, 6) is -0.952. The molecular formula is C24H24N2O3S2. The van der Waals surface area contributed by atoms with E-state index < -0.39 is 5.97 Å². The van der Waals surface area contributed by atoms with Crippen molar-refractivity contribution < 1.29 is 14.7 Å². The van der Waals surface area contributed by atoms with Gasteiger partial charge in [-0.25, -0.2) is 4.79 Å². The molecule has 1 heterocycles. The van der Waals surface area contributed by atoms with Gasteiger partial charge in [0.1, 0.15) is 11.0 Å². The summed E-state index contributed by atoms with van der Waals surface area (Å²) in [4.78, 5) is 27.1. The van der Waals surface area contributed by atoms with Gasteiger partial charge in [-0.15, -0.1) is 11.8 Å². The minimum atomic E-state index is -1.08. The molecule has 1 aliphatic rings. The number of benzene rings is 2. The Balaban J connectivity index is 1.82. The number of hydrogen-bond donors (Lipinski definition) is 1. The molecule has 160 valence electrons. The summed E-state index contributed by atoms with van der Waals surface area (Å²) >= 11 is 2.70. The number of carbonyl (C=O) groups is 2. The van der Waals surface area contributed by atoms with E-state index in [1.165, 1.54) is 6.42 Å². The summed E-state index contributed by atoms with van der Waals surface area (Å²) in [6.45, 7) is 0. The Hall–Kier alpha value is -2.51. The molecule has 1 N–H and O–H groups in total. The summed E-state index contributed by atoms with van der Waals surface area (Å²) in [7, 11) is 0. The molecule has 0 atom stereocenters. The minimum Gasteiger partial charge on any atom is -0.478 e. The molecule has 31 heavy (non-hydrogen) atoms. The van der Waals surface area contributed by atoms with Crippen LogP contribution in [-0.4, -0.2) is 31.9 Å². The Morgan fingerprint density at radius 2 is 1.68 bits per heavy atom. The van der Waals surface area contributed by atoms with Gasteiger partial charge in [0.05, 0.1) is 17.3 Å². The second-order valence-electron chi connectivity index (χ2n) is 7.89. The smallest absolute Gasteiger partial charge is 0.336 e. The van der Waals surface area contributed by atoms with Crippen LogP contribution in [0, 0.1) is 5.92 Å². The van der Waals surface area contributed by atoms with Crippen LogP contribution >= 0.6 is 23.5 Å². The lowest BCUT2D eigenvalue weighted by atomic mass is 9.81. The second-order valence-corrected chi connectivity index (χ2v) is 9.30. The fourth-order valence-electron chi connectivity index (χ4n) is 4.27. The van der Waals surface area contributed by atoms with Crippen molar-refractivity contribution in [3.05, 3.63) is 59.2 Å². The highest BCUT2D eigenvalue weighted by Gasteiger charge is 2.27. The van der Waals surface area contributed by atoms with Crippen LogP contribution in [0.2, 0.25) is 0 Å². The van der Waals surface area contributed by atoms with Gasteiger partial charge < -0.3 is 5.11 Å². The SMILES string of the molecule is CSc1ccc(C(=O)/C(CC2CCCCC2)=C(/C(=O)O)c2ccc3nsnc3c2)cc1. The highest BCUT2D eigenvalue weighted by molar-refractivity contribution is 7.98. The number of carboxylic acids is 1. The summed E-state index contributed by atoms with van der Waals surface area (Å²) in [6.07, 6.45) is 8.00. The van der Waals surface area contributed by atoms with Crippen LogP contribution in [0.25, 0.3) is 16.6 Å². The summed E-state index contributed by atoms with van der Waals surface area (Å²) in [6, 6.07) is 12.6. The first-order chi connectivity index (χ1) is 15.1. The van der Waals surface area contributed by atoms with Gasteiger partial charge in [0, 0.05) is 16.0 Å². The number of thioether (sulfide) groups is 1. The molecule has 0 saturated heterocycles. The van der Waals surface area contributed by atoms with Gasteiger partial charge in [0.2, 0.25) is 0 Å². The number of aromatic nitrogens is 2. The average Bonchev–Trinajstić information content (AvgIpc) is 3.27. The third-order valence-corrected chi connectivity index (χ3v) is 7.20. The molecule has 0 amide bonds. The zero-order valence-corrected chi connectivity index (χ0v) is 19.0. The molecule has 7 heteroatoms. The Labute approximate surface area is 189 Å². The van der Waals surface area contributed by atoms with Crippen LogP contribution in [0.3, 0.4) is 0 Å². The normalized spacial score (nSPS) is 15.6. The largest absolute Gasteiger partial charge is 0.478 e. The van der Waals surface area contributed by atoms with Crippen molar-refractivity contribution in [2.75, 3.05) is 6.26 Å². The standard InChI is InChI=1S/C24H24N2O3S2/c1-30-18-10-7-16(8-11-18)23(27)19(13-15-5-3-2-4-6-15)22(24(28)29)17-9-12-20-21(14-17)26-31-25-20/h7-12,14-15H,2-6,13H2,1H3,(H,28,29)/b22-19+. The second kappa shape index (κ2) is 9.75. The molecule has 0 aliphatic heterocycles. The third kappa shape index (κ3) is 4.88. The van der Waals surface area contributed by atoms with E-state index in [9.17, 15) is 14.7 Å². The molecule has 1 aromatic heterocycles. The monoisotopic (exact) mass is 452 g/mol. The van der Waals surface area contributed by atoms with Gasteiger partial charge in [0.15, 0.2) is 5.78 Å². The predicted molar refractivity (Wildman–Crippen MR) is 126 cm³/mol. The molecule has 0 unspecified atom stereocenters. The van der Waals surface area contributed by atoms with Gasteiger partial charge in [-0.05, 0) is 60.6 Å². The molecule has 5 nitrogen and oxygen atoms in total. The predicted octanol–water partition coefficient (Wildman–Crippen LogP) is 6.10. The van der Waals surface area contributed by atoms with E-state index in [0.717, 1.165) is 47.8 Å². The maximum absolute atomic E-state index is 13.6. The van der Waals surface area contributed by atoms with Crippen molar-refractivity contribution in [1.29, 1.82) is 0 Å². The number of ketones is 1. The first kappa shape index (κ1) is 21.7. The molecule has 1 aliphatic carbocycles. The minimum absolute atomic E-state index is 0.0828. The number of carboxylic acid groups (broad SMARTS) is 1. The first-order valence-electron chi connectivity index (χ1n) is 10.4. The van der Waals surface area contributed by atoms with Crippen molar-refractivity contribution in [3.63, 3.8) is 0 Å². The van der Waals surface area contributed by atoms with Crippen LogP contribution in [0.5, 0.6) is 0 Å². The van der Waals surface area contributed by atoms with Gasteiger partial charge >= 0.3 is 5.97 Å². The van der Waals surface area contributed by atoms with Crippen molar-refractivity contribution in [1.82, 2.24) is 8.75 Å². The van der Waals surface area contributed by atoms with Crippen LogP contribution < -0.4 is 0 Å². The van der Waals surface area contributed by atoms with Gasteiger partial charge in [-0.3, -0.25) is 4.79 Å².